The molecule has 0 bridgehead atoms. The summed E-state index contributed by atoms with van der Waals surface area (Å²) in [5, 5.41) is 9.82. The molecular formula is C22H15ClN4O3S. The monoisotopic (exact) mass is 450 g/mol. The molecule has 3 aromatic heterocycles. The van der Waals surface area contributed by atoms with Gasteiger partial charge < -0.3 is 4.52 Å². The first-order valence-corrected chi connectivity index (χ1v) is 11.1. The third kappa shape index (κ3) is 3.30. The van der Waals surface area contributed by atoms with E-state index in [1.807, 2.05) is 24.3 Å². The van der Waals surface area contributed by atoms with Gasteiger partial charge in [0.2, 0.25) is 0 Å². The number of para-hydroxylation sites is 1. The van der Waals surface area contributed by atoms with Gasteiger partial charge in [0.05, 0.1) is 16.8 Å². The lowest BCUT2D eigenvalue weighted by molar-refractivity contribution is 0.400. The lowest BCUT2D eigenvalue weighted by Crippen LogP contribution is -2.14. The Morgan fingerprint density at radius 1 is 1.00 bits per heavy atom. The summed E-state index contributed by atoms with van der Waals surface area (Å²) in [7, 11) is -3.96. The van der Waals surface area contributed by atoms with E-state index in [2.05, 4.69) is 15.2 Å². The fourth-order valence-electron chi connectivity index (χ4n) is 3.44. The van der Waals surface area contributed by atoms with E-state index in [0.717, 1.165) is 15.0 Å². The smallest absolute Gasteiger partial charge is 0.285 e. The molecule has 0 spiro atoms. The summed E-state index contributed by atoms with van der Waals surface area (Å²) in [6, 6.07) is 17.4. The zero-order chi connectivity index (χ0) is 21.6. The Hall–Kier alpha value is -3.49. The number of aromatic nitrogens is 4. The Balaban J connectivity index is 1.62. The number of fused-ring (bicyclic) bond motifs is 1. The number of nitrogens with zero attached hydrogens (tertiary/aromatic N) is 4. The molecule has 0 aliphatic carbocycles. The maximum Gasteiger partial charge on any atom is 0.285 e. The number of halogens is 1. The van der Waals surface area contributed by atoms with E-state index in [-0.39, 0.29) is 4.90 Å². The predicted octanol–water partition coefficient (Wildman–Crippen LogP) is 4.95. The van der Waals surface area contributed by atoms with Crippen molar-refractivity contribution in [3.05, 3.63) is 83.8 Å². The first kappa shape index (κ1) is 19.5. The maximum absolute atomic E-state index is 13.3. The van der Waals surface area contributed by atoms with Gasteiger partial charge in [0.25, 0.3) is 10.0 Å². The van der Waals surface area contributed by atoms with Gasteiger partial charge in [-0.15, -0.1) is 0 Å². The Labute approximate surface area is 183 Å². The second-order valence-electron chi connectivity index (χ2n) is 6.88. The first-order chi connectivity index (χ1) is 14.9. The lowest BCUT2D eigenvalue weighted by Gasteiger charge is -2.07. The van der Waals surface area contributed by atoms with Gasteiger partial charge in [-0.3, -0.25) is 4.98 Å². The van der Waals surface area contributed by atoms with Crippen LogP contribution >= 0.6 is 11.6 Å². The van der Waals surface area contributed by atoms with Crippen LogP contribution in [0.4, 0.5) is 0 Å². The zero-order valence-electron chi connectivity index (χ0n) is 16.2. The highest BCUT2D eigenvalue weighted by Gasteiger charge is 2.24. The van der Waals surface area contributed by atoms with Gasteiger partial charge in [-0.1, -0.05) is 47.1 Å². The Kier molecular flexibility index (Phi) is 4.60. The van der Waals surface area contributed by atoms with Crippen molar-refractivity contribution in [3.8, 4) is 22.5 Å². The van der Waals surface area contributed by atoms with E-state index in [9.17, 15) is 8.42 Å². The van der Waals surface area contributed by atoms with Crippen molar-refractivity contribution in [3.63, 3.8) is 0 Å². The minimum Gasteiger partial charge on any atom is -0.360 e. The van der Waals surface area contributed by atoms with E-state index in [0.29, 0.717) is 33.3 Å². The topological polar surface area (TPSA) is 90.9 Å². The highest BCUT2D eigenvalue weighted by molar-refractivity contribution is 7.90. The molecule has 0 unspecified atom stereocenters. The van der Waals surface area contributed by atoms with Gasteiger partial charge in [-0.25, -0.2) is 0 Å². The molecule has 0 amide bonds. The lowest BCUT2D eigenvalue weighted by atomic mass is 10.0. The van der Waals surface area contributed by atoms with Crippen LogP contribution in [0.5, 0.6) is 0 Å². The molecule has 0 atom stereocenters. The molecule has 2 aromatic carbocycles. The first-order valence-electron chi connectivity index (χ1n) is 9.33. The largest absolute Gasteiger partial charge is 0.360 e. The van der Waals surface area contributed by atoms with Gasteiger partial charge in [-0.2, -0.15) is 17.6 Å². The van der Waals surface area contributed by atoms with Crippen LogP contribution in [0, 0.1) is 6.92 Å². The normalized spacial score (nSPS) is 11.8. The highest BCUT2D eigenvalue weighted by Crippen LogP contribution is 2.34. The summed E-state index contributed by atoms with van der Waals surface area (Å²) in [6.07, 6.45) is 2.97. The number of hydrogen-bond acceptors (Lipinski definition) is 6. The van der Waals surface area contributed by atoms with Crippen LogP contribution in [-0.4, -0.2) is 27.7 Å². The van der Waals surface area contributed by atoms with Gasteiger partial charge >= 0.3 is 0 Å². The summed E-state index contributed by atoms with van der Waals surface area (Å²) in [5.74, 6) is 0.527. The third-order valence-electron chi connectivity index (χ3n) is 4.92. The van der Waals surface area contributed by atoms with Gasteiger partial charge in [0.1, 0.15) is 16.3 Å². The molecule has 0 fully saturated rings. The summed E-state index contributed by atoms with van der Waals surface area (Å²) in [6.45, 7) is 1.75. The van der Waals surface area contributed by atoms with E-state index < -0.39 is 10.0 Å². The van der Waals surface area contributed by atoms with Crippen LogP contribution in [0.25, 0.3) is 33.4 Å². The van der Waals surface area contributed by atoms with Crippen molar-refractivity contribution < 1.29 is 12.9 Å². The van der Waals surface area contributed by atoms with Crippen molar-refractivity contribution in [2.45, 2.75) is 11.8 Å². The average Bonchev–Trinajstić information content (AvgIpc) is 3.41. The van der Waals surface area contributed by atoms with E-state index in [1.54, 1.807) is 43.5 Å². The molecule has 9 heteroatoms. The highest BCUT2D eigenvalue weighted by atomic mass is 35.5. The quantitative estimate of drug-likeness (QED) is 0.384. The van der Waals surface area contributed by atoms with Crippen LogP contribution in [0.15, 0.2) is 82.5 Å². The average molecular weight is 451 g/mol. The zero-order valence-corrected chi connectivity index (χ0v) is 17.8. The van der Waals surface area contributed by atoms with Gasteiger partial charge in [0, 0.05) is 28.4 Å². The van der Waals surface area contributed by atoms with Crippen molar-refractivity contribution in [1.29, 1.82) is 0 Å². The molecule has 31 heavy (non-hydrogen) atoms. The molecule has 7 nitrogen and oxygen atoms in total. The number of rotatable bonds is 4. The summed E-state index contributed by atoms with van der Waals surface area (Å²) in [5.41, 5.74) is 2.79. The number of pyridine rings is 1. The van der Waals surface area contributed by atoms with Crippen LogP contribution in [-0.2, 0) is 10.0 Å². The molecule has 3 heterocycles. The number of hydrogen-bond donors (Lipinski definition) is 0. The number of aryl methyl sites for hydroxylation is 1. The molecule has 0 N–H and O–H groups in total. The molecule has 0 saturated heterocycles. The molecule has 154 valence electrons. The van der Waals surface area contributed by atoms with E-state index in [4.69, 9.17) is 16.1 Å². The second-order valence-corrected chi connectivity index (χ2v) is 9.08. The van der Waals surface area contributed by atoms with Crippen LogP contribution < -0.4 is 0 Å². The molecule has 0 saturated carbocycles. The van der Waals surface area contributed by atoms with Gasteiger partial charge in [-0.05, 0) is 37.3 Å². The molecular weight excluding hydrogens is 436 g/mol. The predicted molar refractivity (Wildman–Crippen MR) is 117 cm³/mol. The van der Waals surface area contributed by atoms with Crippen molar-refractivity contribution in [1.82, 2.24) is 19.3 Å². The standard InChI is InChI=1S/C22H15ClN4O3S/c1-14-20(22(26-30-14)16-7-9-17(23)10-8-16)18-11-13-27(25-18)31(28,29)19-6-2-4-15-5-3-12-24-21(15)19/h2-13H,1H3. The van der Waals surface area contributed by atoms with Gasteiger partial charge in [0.15, 0.2) is 0 Å². The third-order valence-corrected chi connectivity index (χ3v) is 6.76. The minimum atomic E-state index is -3.96. The summed E-state index contributed by atoms with van der Waals surface area (Å²) < 4.78 is 33.0. The summed E-state index contributed by atoms with van der Waals surface area (Å²) in [4.78, 5) is 4.33. The van der Waals surface area contributed by atoms with E-state index in [1.165, 1.54) is 12.3 Å². The van der Waals surface area contributed by atoms with Crippen molar-refractivity contribution in [2.75, 3.05) is 0 Å². The molecule has 0 aliphatic heterocycles. The Morgan fingerprint density at radius 3 is 2.58 bits per heavy atom. The molecule has 0 radical (unpaired) electrons. The minimum absolute atomic E-state index is 0.0835. The second kappa shape index (κ2) is 7.33. The maximum atomic E-state index is 13.3. The van der Waals surface area contributed by atoms with Crippen LogP contribution in [0.3, 0.4) is 0 Å². The molecule has 0 aliphatic rings. The van der Waals surface area contributed by atoms with Crippen LogP contribution in [0.1, 0.15) is 5.76 Å². The van der Waals surface area contributed by atoms with Crippen molar-refractivity contribution >= 4 is 32.5 Å². The molecule has 5 rings (SSSR count). The fourth-order valence-corrected chi connectivity index (χ4v) is 4.85. The molecule has 5 aromatic rings. The van der Waals surface area contributed by atoms with E-state index >= 15 is 0 Å². The SMILES string of the molecule is Cc1onc(-c2ccc(Cl)cc2)c1-c1ccn(S(=O)(=O)c2cccc3cccnc23)n1. The van der Waals surface area contributed by atoms with Crippen molar-refractivity contribution in [2.24, 2.45) is 0 Å². The fraction of sp³-hybridized carbons (Fsp3) is 0.0455. The Bertz CT molecular complexity index is 1520. The van der Waals surface area contributed by atoms with Crippen LogP contribution in [0.2, 0.25) is 5.02 Å². The Morgan fingerprint density at radius 2 is 1.77 bits per heavy atom. The summed E-state index contributed by atoms with van der Waals surface area (Å²) >= 11 is 5.98. The number of benzene rings is 2.